The van der Waals surface area contributed by atoms with Gasteiger partial charge in [-0.2, -0.15) is 0 Å². The van der Waals surface area contributed by atoms with E-state index in [2.05, 4.69) is 26.1 Å². The van der Waals surface area contributed by atoms with Crippen LogP contribution in [0, 0.1) is 6.92 Å². The van der Waals surface area contributed by atoms with Gasteiger partial charge in [-0.25, -0.2) is 0 Å². The minimum absolute atomic E-state index is 0.0300. The summed E-state index contributed by atoms with van der Waals surface area (Å²) < 4.78 is 0.946. The lowest BCUT2D eigenvalue weighted by Gasteiger charge is -2.26. The van der Waals surface area contributed by atoms with Crippen molar-refractivity contribution in [3.05, 3.63) is 33.8 Å². The molecule has 1 aromatic carbocycles. The number of carbonyl (C=O) groups is 1. The van der Waals surface area contributed by atoms with E-state index >= 15 is 0 Å². The van der Waals surface area contributed by atoms with Gasteiger partial charge in [0.25, 0.3) is 5.91 Å². The van der Waals surface area contributed by atoms with Crippen molar-refractivity contribution in [1.82, 2.24) is 10.2 Å². The number of hydrogen-bond acceptors (Lipinski definition) is 2. The highest BCUT2D eigenvalue weighted by Gasteiger charge is 2.11. The summed E-state index contributed by atoms with van der Waals surface area (Å²) in [6.07, 6.45) is 5.04. The molecule has 0 radical (unpaired) electrons. The molecule has 110 valence electrons. The second-order valence-electron chi connectivity index (χ2n) is 5.47. The van der Waals surface area contributed by atoms with Gasteiger partial charge >= 0.3 is 0 Å². The third kappa shape index (κ3) is 4.60. The minimum atomic E-state index is 0.0300. The summed E-state index contributed by atoms with van der Waals surface area (Å²) in [7, 11) is 0. The molecule has 1 saturated heterocycles. The van der Waals surface area contributed by atoms with E-state index in [-0.39, 0.29) is 5.91 Å². The Morgan fingerprint density at radius 2 is 2.05 bits per heavy atom. The molecule has 1 N–H and O–H groups in total. The number of benzene rings is 1. The Balaban J connectivity index is 1.73. The smallest absolute Gasteiger partial charge is 0.251 e. The van der Waals surface area contributed by atoms with Crippen molar-refractivity contribution >= 4 is 21.8 Å². The molecule has 2 rings (SSSR count). The summed E-state index contributed by atoms with van der Waals surface area (Å²) >= 11 is 3.41. The van der Waals surface area contributed by atoms with E-state index in [1.807, 2.05) is 25.1 Å². The maximum absolute atomic E-state index is 12.1. The molecule has 0 aliphatic carbocycles. The van der Waals surface area contributed by atoms with Gasteiger partial charge in [-0.15, -0.1) is 0 Å². The van der Waals surface area contributed by atoms with Crippen molar-refractivity contribution < 1.29 is 4.79 Å². The molecule has 1 fully saturated rings. The molecule has 20 heavy (non-hydrogen) atoms. The first kappa shape index (κ1) is 15.5. The van der Waals surface area contributed by atoms with E-state index in [0.29, 0.717) is 0 Å². The molecule has 3 nitrogen and oxygen atoms in total. The third-order valence-corrected chi connectivity index (χ3v) is 4.32. The molecular weight excluding hydrogens is 316 g/mol. The monoisotopic (exact) mass is 338 g/mol. The summed E-state index contributed by atoms with van der Waals surface area (Å²) in [6, 6.07) is 5.81. The molecule has 0 saturated carbocycles. The van der Waals surface area contributed by atoms with E-state index in [1.54, 1.807) is 0 Å². The third-order valence-electron chi connectivity index (χ3n) is 3.83. The number of likely N-dealkylation sites (tertiary alicyclic amines) is 1. The number of nitrogens with zero attached hydrogens (tertiary/aromatic N) is 1. The Morgan fingerprint density at radius 1 is 1.30 bits per heavy atom. The number of nitrogens with one attached hydrogen (secondary N) is 1. The fourth-order valence-electron chi connectivity index (χ4n) is 2.62. The molecule has 1 heterocycles. The number of halogens is 1. The number of rotatable bonds is 5. The lowest BCUT2D eigenvalue weighted by molar-refractivity contribution is 0.0950. The molecule has 4 heteroatoms. The molecular formula is C16H23BrN2O. The maximum Gasteiger partial charge on any atom is 0.251 e. The zero-order valence-electron chi connectivity index (χ0n) is 12.1. The van der Waals surface area contributed by atoms with Gasteiger partial charge in [0.15, 0.2) is 0 Å². The number of carbonyl (C=O) groups excluding carboxylic acids is 1. The largest absolute Gasteiger partial charge is 0.352 e. The molecule has 1 aliphatic rings. The summed E-state index contributed by atoms with van der Waals surface area (Å²) in [4.78, 5) is 14.6. The van der Waals surface area contributed by atoms with Crippen molar-refractivity contribution in [1.29, 1.82) is 0 Å². The van der Waals surface area contributed by atoms with Crippen LogP contribution in [0.2, 0.25) is 0 Å². The summed E-state index contributed by atoms with van der Waals surface area (Å²) in [6.45, 7) is 6.26. The van der Waals surface area contributed by atoms with Crippen molar-refractivity contribution in [2.75, 3.05) is 26.2 Å². The van der Waals surface area contributed by atoms with Crippen molar-refractivity contribution in [3.8, 4) is 0 Å². The summed E-state index contributed by atoms with van der Waals surface area (Å²) in [5.41, 5.74) is 1.78. The van der Waals surface area contributed by atoms with Crippen LogP contribution in [0.15, 0.2) is 22.7 Å². The van der Waals surface area contributed by atoms with E-state index in [1.165, 1.54) is 32.4 Å². The average Bonchev–Trinajstić information content (AvgIpc) is 2.47. The fourth-order valence-corrected chi connectivity index (χ4v) is 2.98. The predicted octanol–water partition coefficient (Wildman–Crippen LogP) is 3.36. The SMILES string of the molecule is Cc1ccc(Br)cc1C(=O)NCCCN1CCCCC1. The Hall–Kier alpha value is -0.870. The van der Waals surface area contributed by atoms with Crippen LogP contribution in [0.5, 0.6) is 0 Å². The molecule has 1 amide bonds. The topological polar surface area (TPSA) is 32.3 Å². The Morgan fingerprint density at radius 3 is 2.80 bits per heavy atom. The summed E-state index contributed by atoms with van der Waals surface area (Å²) in [5.74, 6) is 0.0300. The van der Waals surface area contributed by atoms with Crippen LogP contribution >= 0.6 is 15.9 Å². The highest BCUT2D eigenvalue weighted by molar-refractivity contribution is 9.10. The molecule has 0 spiro atoms. The quantitative estimate of drug-likeness (QED) is 0.835. The highest BCUT2D eigenvalue weighted by atomic mass is 79.9. The predicted molar refractivity (Wildman–Crippen MR) is 86.1 cm³/mol. The number of piperidine rings is 1. The molecule has 0 atom stereocenters. The van der Waals surface area contributed by atoms with Gasteiger partial charge in [0, 0.05) is 16.6 Å². The number of amides is 1. The first-order valence-corrected chi connectivity index (χ1v) is 8.23. The van der Waals surface area contributed by atoms with Crippen LogP contribution in [-0.4, -0.2) is 37.0 Å². The molecule has 1 aliphatic heterocycles. The standard InChI is InChI=1S/C16H23BrN2O/c1-13-6-7-14(17)12-15(13)16(20)18-8-5-11-19-9-3-2-4-10-19/h6-7,12H,2-5,8-11H2,1H3,(H,18,20). The van der Waals surface area contributed by atoms with Gasteiger partial charge in [-0.3, -0.25) is 4.79 Å². The number of aryl methyl sites for hydroxylation is 1. The van der Waals surface area contributed by atoms with E-state index in [0.717, 1.165) is 35.1 Å². The Labute approximate surface area is 129 Å². The molecule has 0 bridgehead atoms. The second-order valence-corrected chi connectivity index (χ2v) is 6.39. The van der Waals surface area contributed by atoms with Gasteiger partial charge < -0.3 is 10.2 Å². The zero-order chi connectivity index (χ0) is 14.4. The van der Waals surface area contributed by atoms with Crippen LogP contribution in [0.25, 0.3) is 0 Å². The first-order chi connectivity index (χ1) is 9.66. The molecule has 1 aromatic rings. The van der Waals surface area contributed by atoms with Gasteiger partial charge in [-0.05, 0) is 63.5 Å². The zero-order valence-corrected chi connectivity index (χ0v) is 13.7. The molecule has 0 unspecified atom stereocenters. The number of hydrogen-bond donors (Lipinski definition) is 1. The van der Waals surface area contributed by atoms with Gasteiger partial charge in [-0.1, -0.05) is 28.4 Å². The van der Waals surface area contributed by atoms with Gasteiger partial charge in [0.2, 0.25) is 0 Å². The van der Waals surface area contributed by atoms with Crippen molar-refractivity contribution in [2.45, 2.75) is 32.6 Å². The van der Waals surface area contributed by atoms with Crippen LogP contribution in [-0.2, 0) is 0 Å². The van der Waals surface area contributed by atoms with Gasteiger partial charge in [0.1, 0.15) is 0 Å². The van der Waals surface area contributed by atoms with Crippen LogP contribution < -0.4 is 5.32 Å². The summed E-state index contributed by atoms with van der Waals surface area (Å²) in [5, 5.41) is 3.02. The lowest BCUT2D eigenvalue weighted by atomic mass is 10.1. The minimum Gasteiger partial charge on any atom is -0.352 e. The Kier molecular flexibility index (Phi) is 6.05. The normalized spacial score (nSPS) is 16.1. The van der Waals surface area contributed by atoms with Crippen molar-refractivity contribution in [3.63, 3.8) is 0 Å². The van der Waals surface area contributed by atoms with E-state index in [4.69, 9.17) is 0 Å². The van der Waals surface area contributed by atoms with E-state index < -0.39 is 0 Å². The average molecular weight is 339 g/mol. The maximum atomic E-state index is 12.1. The lowest BCUT2D eigenvalue weighted by Crippen LogP contribution is -2.33. The fraction of sp³-hybridized carbons (Fsp3) is 0.562. The van der Waals surface area contributed by atoms with Crippen LogP contribution in [0.1, 0.15) is 41.6 Å². The highest BCUT2D eigenvalue weighted by Crippen LogP contribution is 2.16. The van der Waals surface area contributed by atoms with Crippen molar-refractivity contribution in [2.24, 2.45) is 0 Å². The first-order valence-electron chi connectivity index (χ1n) is 7.43. The Bertz CT molecular complexity index is 456. The van der Waals surface area contributed by atoms with Crippen LogP contribution in [0.3, 0.4) is 0 Å². The molecule has 0 aromatic heterocycles. The second kappa shape index (κ2) is 7.79. The van der Waals surface area contributed by atoms with Crippen LogP contribution in [0.4, 0.5) is 0 Å². The van der Waals surface area contributed by atoms with E-state index in [9.17, 15) is 4.79 Å². The van der Waals surface area contributed by atoms with Gasteiger partial charge in [0.05, 0.1) is 0 Å².